The molecule has 48 heavy (non-hydrogen) atoms. The number of nitrogens with one attached hydrogen (secondary N) is 3. The standard InChI is InChI=1S/C13H28N2O.C13H26N2O.C13H28N2O/c2*1-11(2,3)14-9-10-8-12(4,5)15(16)13(10,6)7;1-11(2,3)14-10-8-12(4,5)15(16)13(6,7)9-10/h10,14,16H,8-9H2,1-7H3;8,14,16H,9H2,1-7H3;10,14,16H,8-9H2,1-7H3. The number of hydrogen-bond acceptors (Lipinski definition) is 9. The molecule has 0 aromatic heterocycles. The van der Waals surface area contributed by atoms with Crippen molar-refractivity contribution in [2.75, 3.05) is 13.1 Å². The lowest BCUT2D eigenvalue weighted by molar-refractivity contribution is -0.246. The summed E-state index contributed by atoms with van der Waals surface area (Å²) in [6, 6.07) is 0.466. The van der Waals surface area contributed by atoms with Crippen molar-refractivity contribution in [3.63, 3.8) is 0 Å². The fourth-order valence-corrected chi connectivity index (χ4v) is 7.78. The first kappa shape index (κ1) is 45.4. The Morgan fingerprint density at radius 2 is 1.02 bits per heavy atom. The Kier molecular flexibility index (Phi) is 14.0. The molecule has 3 aliphatic heterocycles. The van der Waals surface area contributed by atoms with E-state index in [0.29, 0.717) is 12.0 Å². The predicted octanol–water partition coefficient (Wildman–Crippen LogP) is 7.99. The van der Waals surface area contributed by atoms with Crippen LogP contribution in [0.4, 0.5) is 0 Å². The number of hydroxylamine groups is 6. The highest BCUT2D eigenvalue weighted by atomic mass is 16.5. The monoisotopic (exact) mass is 683 g/mol. The van der Waals surface area contributed by atoms with E-state index in [1.54, 1.807) is 0 Å². The van der Waals surface area contributed by atoms with Crippen LogP contribution < -0.4 is 16.0 Å². The molecule has 2 saturated heterocycles. The maximum atomic E-state index is 10.2. The quantitative estimate of drug-likeness (QED) is 0.161. The number of hydrogen-bond donors (Lipinski definition) is 6. The van der Waals surface area contributed by atoms with E-state index >= 15 is 0 Å². The van der Waals surface area contributed by atoms with Crippen molar-refractivity contribution in [3.8, 4) is 0 Å². The molecule has 9 nitrogen and oxygen atoms in total. The van der Waals surface area contributed by atoms with Gasteiger partial charge in [-0.15, -0.1) is 0 Å². The molecule has 0 amide bonds. The maximum Gasteiger partial charge on any atom is 0.0635 e. The second-order valence-electron chi connectivity index (χ2n) is 21.5. The average molecular weight is 683 g/mol. The first-order chi connectivity index (χ1) is 20.9. The minimum Gasteiger partial charge on any atom is -0.313 e. The van der Waals surface area contributed by atoms with Gasteiger partial charge < -0.3 is 31.6 Å². The van der Waals surface area contributed by atoms with Crippen LogP contribution in [0.2, 0.25) is 0 Å². The van der Waals surface area contributed by atoms with Gasteiger partial charge in [0.2, 0.25) is 0 Å². The van der Waals surface area contributed by atoms with Gasteiger partial charge in [-0.3, -0.25) is 0 Å². The van der Waals surface area contributed by atoms with E-state index in [0.717, 1.165) is 32.4 Å². The molecule has 1 unspecified atom stereocenters. The minimum absolute atomic E-state index is 0.101. The van der Waals surface area contributed by atoms with E-state index in [1.807, 2.05) is 13.8 Å². The second-order valence-corrected chi connectivity index (χ2v) is 21.5. The topological polar surface area (TPSA) is 106 Å². The first-order valence-electron chi connectivity index (χ1n) is 18.4. The second kappa shape index (κ2) is 14.8. The summed E-state index contributed by atoms with van der Waals surface area (Å²) in [4.78, 5) is 0. The summed E-state index contributed by atoms with van der Waals surface area (Å²) >= 11 is 0. The van der Waals surface area contributed by atoms with Crippen molar-refractivity contribution in [3.05, 3.63) is 11.6 Å². The van der Waals surface area contributed by atoms with Gasteiger partial charge in [0.1, 0.15) is 0 Å². The van der Waals surface area contributed by atoms with Gasteiger partial charge in [0.05, 0.1) is 11.1 Å². The summed E-state index contributed by atoms with van der Waals surface area (Å²) < 4.78 is 0. The zero-order chi connectivity index (χ0) is 38.3. The molecule has 3 rings (SSSR count). The third-order valence-corrected chi connectivity index (χ3v) is 10.2. The zero-order valence-corrected chi connectivity index (χ0v) is 35.5. The predicted molar refractivity (Wildman–Crippen MR) is 203 cm³/mol. The molecular formula is C39H82N6O3. The number of nitrogens with zero attached hydrogens (tertiary/aromatic N) is 3. The summed E-state index contributed by atoms with van der Waals surface area (Å²) in [5, 5.41) is 45.7. The summed E-state index contributed by atoms with van der Waals surface area (Å²) in [6.07, 6.45) is 5.14. The average Bonchev–Trinajstić information content (AvgIpc) is 3.10. The third kappa shape index (κ3) is 12.6. The highest BCUT2D eigenvalue weighted by molar-refractivity contribution is 5.30. The molecule has 0 saturated carbocycles. The van der Waals surface area contributed by atoms with Gasteiger partial charge in [0.15, 0.2) is 0 Å². The van der Waals surface area contributed by atoms with E-state index < -0.39 is 0 Å². The van der Waals surface area contributed by atoms with E-state index in [9.17, 15) is 15.6 Å². The Morgan fingerprint density at radius 1 is 0.604 bits per heavy atom. The van der Waals surface area contributed by atoms with Crippen LogP contribution in [-0.2, 0) is 0 Å². The Bertz CT molecular complexity index is 1050. The summed E-state index contributed by atoms with van der Waals surface area (Å²) in [5.74, 6) is 0.478. The molecule has 1 atom stereocenters. The van der Waals surface area contributed by atoms with Gasteiger partial charge >= 0.3 is 0 Å². The van der Waals surface area contributed by atoms with E-state index in [1.165, 1.54) is 20.8 Å². The fourth-order valence-electron chi connectivity index (χ4n) is 7.78. The smallest absolute Gasteiger partial charge is 0.0635 e. The molecule has 3 heterocycles. The number of piperidine rings is 1. The van der Waals surface area contributed by atoms with Crippen LogP contribution in [0.25, 0.3) is 0 Å². The third-order valence-electron chi connectivity index (χ3n) is 10.2. The van der Waals surface area contributed by atoms with Gasteiger partial charge in [-0.25, -0.2) is 0 Å². The summed E-state index contributed by atoms with van der Waals surface area (Å²) in [5.41, 5.74) is 0.460. The van der Waals surface area contributed by atoms with Gasteiger partial charge in [-0.05, 0) is 176 Å². The van der Waals surface area contributed by atoms with Crippen molar-refractivity contribution in [2.24, 2.45) is 5.92 Å². The molecular weight excluding hydrogens is 600 g/mol. The lowest BCUT2D eigenvalue weighted by atomic mass is 9.78. The van der Waals surface area contributed by atoms with E-state index in [4.69, 9.17) is 0 Å². The van der Waals surface area contributed by atoms with Crippen LogP contribution >= 0.6 is 0 Å². The van der Waals surface area contributed by atoms with Crippen molar-refractivity contribution in [1.29, 1.82) is 0 Å². The van der Waals surface area contributed by atoms with Crippen LogP contribution in [0.5, 0.6) is 0 Å². The summed E-state index contributed by atoms with van der Waals surface area (Å²) in [7, 11) is 0. The van der Waals surface area contributed by atoms with E-state index in [2.05, 4.69) is 154 Å². The lowest BCUT2D eigenvalue weighted by Gasteiger charge is -2.52. The molecule has 0 aromatic carbocycles. The molecule has 9 heteroatoms. The molecule has 3 aliphatic rings. The van der Waals surface area contributed by atoms with E-state index in [-0.39, 0.29) is 49.9 Å². The van der Waals surface area contributed by atoms with Crippen LogP contribution in [0.1, 0.15) is 165 Å². The molecule has 0 radical (unpaired) electrons. The molecule has 286 valence electrons. The van der Waals surface area contributed by atoms with Gasteiger partial charge in [-0.2, -0.15) is 15.2 Å². The Hall–Kier alpha value is -0.620. The molecule has 0 spiro atoms. The van der Waals surface area contributed by atoms with Gasteiger partial charge in [0, 0.05) is 57.9 Å². The van der Waals surface area contributed by atoms with Crippen LogP contribution in [0.3, 0.4) is 0 Å². The fraction of sp³-hybridized carbons (Fsp3) is 0.949. The van der Waals surface area contributed by atoms with Crippen molar-refractivity contribution in [1.82, 2.24) is 31.1 Å². The van der Waals surface area contributed by atoms with Crippen LogP contribution in [0, 0.1) is 5.92 Å². The van der Waals surface area contributed by atoms with Crippen LogP contribution in [0.15, 0.2) is 11.6 Å². The SMILES string of the molecule is CC(C)(C)NC1CC(C)(C)N(O)C(C)(C)C1.CC(C)(C)NCC1=CC(C)(C)N(O)C1(C)C.CC(C)(C)NCC1CC(C)(C)N(O)C1(C)C. The Morgan fingerprint density at radius 3 is 1.33 bits per heavy atom. The van der Waals surface area contributed by atoms with Crippen molar-refractivity contribution >= 4 is 0 Å². The number of rotatable bonds is 5. The Balaban J connectivity index is 0.000000360. The van der Waals surface area contributed by atoms with Crippen LogP contribution in [-0.4, -0.2) is 99.8 Å². The molecule has 0 aliphatic carbocycles. The zero-order valence-electron chi connectivity index (χ0n) is 35.5. The van der Waals surface area contributed by atoms with Gasteiger partial charge in [0.25, 0.3) is 0 Å². The lowest BCUT2D eigenvalue weighted by Crippen LogP contribution is -2.64. The largest absolute Gasteiger partial charge is 0.313 e. The van der Waals surface area contributed by atoms with Gasteiger partial charge in [-0.1, -0.05) is 6.08 Å². The molecule has 6 N–H and O–H groups in total. The molecule has 2 fully saturated rings. The maximum absolute atomic E-state index is 10.2. The normalized spacial score (nSPS) is 27.1. The molecule has 0 bridgehead atoms. The molecule has 0 aromatic rings. The van der Waals surface area contributed by atoms with Crippen molar-refractivity contribution in [2.45, 2.75) is 221 Å². The first-order valence-corrected chi connectivity index (χ1v) is 18.4. The van der Waals surface area contributed by atoms with Crippen molar-refractivity contribution < 1.29 is 15.6 Å². The highest BCUT2D eigenvalue weighted by Gasteiger charge is 2.51. The Labute approximate surface area is 297 Å². The highest BCUT2D eigenvalue weighted by Crippen LogP contribution is 2.43. The summed E-state index contributed by atoms with van der Waals surface area (Å²) in [6.45, 7) is 46.4. The minimum atomic E-state index is -0.290.